The summed E-state index contributed by atoms with van der Waals surface area (Å²) in [6.45, 7) is 1.64. The van der Waals surface area contributed by atoms with Crippen LogP contribution in [0.3, 0.4) is 0 Å². The van der Waals surface area contributed by atoms with Gasteiger partial charge in [-0.25, -0.2) is 8.42 Å². The standard InChI is InChI=1S/C15H19ClN4O3S/c1-10(20-24(21,22)12-6-4-11(16)5-7-12)13-18-14(19-23-13)15(17)8-2-3-9-15/h4-7,10,20H,2-3,8-9,17H2,1H3. The summed E-state index contributed by atoms with van der Waals surface area (Å²) in [5.41, 5.74) is 5.72. The summed E-state index contributed by atoms with van der Waals surface area (Å²) < 4.78 is 32.5. The van der Waals surface area contributed by atoms with Crippen molar-refractivity contribution < 1.29 is 12.9 Å². The Kier molecular flexibility index (Phi) is 4.65. The molecule has 7 nitrogen and oxygen atoms in total. The third-order valence-corrected chi connectivity index (χ3v) is 6.02. The number of nitrogens with two attached hydrogens (primary N) is 1. The molecule has 1 saturated carbocycles. The predicted octanol–water partition coefficient (Wildman–Crippen LogP) is 2.49. The minimum atomic E-state index is -3.72. The van der Waals surface area contributed by atoms with Crippen LogP contribution < -0.4 is 10.5 Å². The zero-order valence-electron chi connectivity index (χ0n) is 13.2. The van der Waals surface area contributed by atoms with E-state index in [2.05, 4.69) is 14.9 Å². The number of benzene rings is 1. The maximum atomic E-state index is 12.4. The predicted molar refractivity (Wildman–Crippen MR) is 88.8 cm³/mol. The van der Waals surface area contributed by atoms with Crippen LogP contribution in [0, 0.1) is 0 Å². The van der Waals surface area contributed by atoms with Gasteiger partial charge in [0, 0.05) is 5.02 Å². The molecule has 0 bridgehead atoms. The Morgan fingerprint density at radius 1 is 1.29 bits per heavy atom. The quantitative estimate of drug-likeness (QED) is 0.836. The summed E-state index contributed by atoms with van der Waals surface area (Å²) in [7, 11) is -3.72. The summed E-state index contributed by atoms with van der Waals surface area (Å²) in [4.78, 5) is 4.42. The maximum absolute atomic E-state index is 12.4. The minimum Gasteiger partial charge on any atom is -0.338 e. The molecule has 130 valence electrons. The molecule has 3 rings (SSSR count). The van der Waals surface area contributed by atoms with E-state index in [1.807, 2.05) is 0 Å². The molecule has 1 aliphatic rings. The maximum Gasteiger partial charge on any atom is 0.244 e. The van der Waals surface area contributed by atoms with Crippen molar-refractivity contribution in [3.63, 3.8) is 0 Å². The molecule has 0 amide bonds. The fourth-order valence-corrected chi connectivity index (χ4v) is 4.13. The summed E-state index contributed by atoms with van der Waals surface area (Å²) >= 11 is 5.78. The number of rotatable bonds is 5. The lowest BCUT2D eigenvalue weighted by molar-refractivity contribution is 0.333. The molecule has 1 unspecified atom stereocenters. The molecule has 1 fully saturated rings. The van der Waals surface area contributed by atoms with Crippen molar-refractivity contribution >= 4 is 21.6 Å². The summed E-state index contributed by atoms with van der Waals surface area (Å²) in [5.74, 6) is 0.631. The number of nitrogens with one attached hydrogen (secondary N) is 1. The van der Waals surface area contributed by atoms with Crippen molar-refractivity contribution in [1.29, 1.82) is 0 Å². The first kappa shape index (κ1) is 17.3. The molecule has 0 spiro atoms. The topological polar surface area (TPSA) is 111 Å². The van der Waals surface area contributed by atoms with Crippen molar-refractivity contribution in [1.82, 2.24) is 14.9 Å². The number of sulfonamides is 1. The van der Waals surface area contributed by atoms with Gasteiger partial charge in [-0.15, -0.1) is 0 Å². The molecule has 24 heavy (non-hydrogen) atoms. The van der Waals surface area contributed by atoms with Crippen molar-refractivity contribution in [3.05, 3.63) is 41.0 Å². The number of aromatic nitrogens is 2. The van der Waals surface area contributed by atoms with Crippen LogP contribution in [0.2, 0.25) is 5.02 Å². The van der Waals surface area contributed by atoms with Gasteiger partial charge in [-0.1, -0.05) is 29.6 Å². The number of hydrogen-bond donors (Lipinski definition) is 2. The highest BCUT2D eigenvalue weighted by atomic mass is 35.5. The van der Waals surface area contributed by atoms with Gasteiger partial charge in [-0.05, 0) is 44.0 Å². The first-order valence-corrected chi connectivity index (χ1v) is 9.57. The molecular weight excluding hydrogens is 352 g/mol. The van der Waals surface area contributed by atoms with Crippen molar-refractivity contribution in [2.45, 2.75) is 49.1 Å². The second kappa shape index (κ2) is 6.44. The van der Waals surface area contributed by atoms with E-state index in [1.54, 1.807) is 6.92 Å². The molecule has 1 heterocycles. The highest BCUT2D eigenvalue weighted by Crippen LogP contribution is 2.35. The highest BCUT2D eigenvalue weighted by molar-refractivity contribution is 7.89. The normalized spacial score (nSPS) is 18.6. The molecule has 2 aromatic rings. The number of hydrogen-bond acceptors (Lipinski definition) is 6. The van der Waals surface area contributed by atoms with E-state index in [9.17, 15) is 8.42 Å². The Balaban J connectivity index is 1.76. The number of nitrogens with zero attached hydrogens (tertiary/aromatic N) is 2. The zero-order valence-corrected chi connectivity index (χ0v) is 14.8. The van der Waals surface area contributed by atoms with E-state index in [4.69, 9.17) is 21.9 Å². The zero-order chi connectivity index (χ0) is 17.4. The van der Waals surface area contributed by atoms with Crippen LogP contribution in [-0.2, 0) is 15.6 Å². The van der Waals surface area contributed by atoms with Crippen LogP contribution in [0.25, 0.3) is 0 Å². The van der Waals surface area contributed by atoms with Crippen molar-refractivity contribution in [2.24, 2.45) is 5.73 Å². The lowest BCUT2D eigenvalue weighted by Crippen LogP contribution is -2.34. The Morgan fingerprint density at radius 3 is 2.54 bits per heavy atom. The average molecular weight is 371 g/mol. The Hall–Kier alpha value is -1.48. The highest BCUT2D eigenvalue weighted by Gasteiger charge is 2.36. The van der Waals surface area contributed by atoms with E-state index < -0.39 is 21.6 Å². The molecule has 1 aromatic heterocycles. The third-order valence-electron chi connectivity index (χ3n) is 4.21. The van der Waals surface area contributed by atoms with E-state index in [1.165, 1.54) is 24.3 Å². The van der Waals surface area contributed by atoms with Gasteiger partial charge >= 0.3 is 0 Å². The van der Waals surface area contributed by atoms with E-state index in [-0.39, 0.29) is 10.8 Å². The van der Waals surface area contributed by atoms with Gasteiger partial charge in [0.2, 0.25) is 15.9 Å². The smallest absolute Gasteiger partial charge is 0.244 e. The van der Waals surface area contributed by atoms with Crippen molar-refractivity contribution in [3.8, 4) is 0 Å². The summed E-state index contributed by atoms with van der Waals surface area (Å²) in [6, 6.07) is 5.24. The van der Waals surface area contributed by atoms with Crippen LogP contribution in [0.15, 0.2) is 33.7 Å². The van der Waals surface area contributed by atoms with Crippen LogP contribution in [-0.4, -0.2) is 18.6 Å². The molecule has 3 N–H and O–H groups in total. The first-order chi connectivity index (χ1) is 11.3. The van der Waals surface area contributed by atoms with E-state index in [0.717, 1.165) is 25.7 Å². The monoisotopic (exact) mass is 370 g/mol. The second-order valence-electron chi connectivity index (χ2n) is 6.12. The molecule has 9 heteroatoms. The molecule has 1 atom stereocenters. The van der Waals surface area contributed by atoms with Crippen LogP contribution in [0.1, 0.15) is 50.4 Å². The lowest BCUT2D eigenvalue weighted by Gasteiger charge is -2.17. The van der Waals surface area contributed by atoms with Crippen LogP contribution >= 0.6 is 11.6 Å². The SMILES string of the molecule is CC(NS(=O)(=O)c1ccc(Cl)cc1)c1nc(C2(N)CCCC2)no1. The molecule has 1 aliphatic carbocycles. The fraction of sp³-hybridized carbons (Fsp3) is 0.467. The van der Waals surface area contributed by atoms with Crippen LogP contribution in [0.5, 0.6) is 0 Å². The largest absolute Gasteiger partial charge is 0.338 e. The van der Waals surface area contributed by atoms with E-state index in [0.29, 0.717) is 10.8 Å². The molecular formula is C15H19ClN4O3S. The average Bonchev–Trinajstić information content (AvgIpc) is 3.17. The van der Waals surface area contributed by atoms with Gasteiger partial charge in [0.05, 0.1) is 16.5 Å². The molecule has 0 saturated heterocycles. The summed E-state index contributed by atoms with van der Waals surface area (Å²) in [5, 5.41) is 4.41. The molecule has 1 aromatic carbocycles. The van der Waals surface area contributed by atoms with Gasteiger partial charge in [-0.2, -0.15) is 9.71 Å². The van der Waals surface area contributed by atoms with Gasteiger partial charge in [0.25, 0.3) is 0 Å². The lowest BCUT2D eigenvalue weighted by atomic mass is 9.99. The first-order valence-electron chi connectivity index (χ1n) is 7.71. The Labute approximate surface area is 145 Å². The van der Waals surface area contributed by atoms with Gasteiger partial charge in [0.15, 0.2) is 5.82 Å². The van der Waals surface area contributed by atoms with Crippen molar-refractivity contribution in [2.75, 3.05) is 0 Å². The minimum absolute atomic E-state index is 0.115. The fourth-order valence-electron chi connectivity index (χ4n) is 2.81. The Morgan fingerprint density at radius 2 is 1.92 bits per heavy atom. The van der Waals surface area contributed by atoms with Gasteiger partial charge in [0.1, 0.15) is 0 Å². The van der Waals surface area contributed by atoms with E-state index >= 15 is 0 Å². The molecule has 0 radical (unpaired) electrons. The second-order valence-corrected chi connectivity index (χ2v) is 8.27. The summed E-state index contributed by atoms with van der Waals surface area (Å²) in [6.07, 6.45) is 3.66. The van der Waals surface area contributed by atoms with Gasteiger partial charge < -0.3 is 10.3 Å². The third kappa shape index (κ3) is 3.46. The molecule has 0 aliphatic heterocycles. The van der Waals surface area contributed by atoms with Gasteiger partial charge in [-0.3, -0.25) is 0 Å². The van der Waals surface area contributed by atoms with Crippen LogP contribution in [0.4, 0.5) is 0 Å². The Bertz CT molecular complexity index is 813. The number of halogens is 1.